The molecule has 6 rings (SSSR count). The summed E-state index contributed by atoms with van der Waals surface area (Å²) in [6.45, 7) is 4.08. The predicted octanol–water partition coefficient (Wildman–Crippen LogP) is 3.36. The number of carboxylic acids is 1. The molecule has 2 aromatic rings. The lowest BCUT2D eigenvalue weighted by Gasteiger charge is -2.49. The number of piperazine rings is 1. The molecule has 4 aliphatic rings. The van der Waals surface area contributed by atoms with Crippen molar-refractivity contribution in [3.63, 3.8) is 0 Å². The standard InChI is InChI=1S/C31H31F3N8O4/c1-30(2,29(45)46)40-16-22-8-7-20(15-41(22)25(43)17-40)26-23-14-36-11-12-42(23,35)27(39-26)18-3-5-19(6-4-18)28(44)38-24-13-21(9-10-37-24)31(32,33)34/h3-6,9-14,20,22H,7-8,15-17,35H2,1-2H3,(H-,37,38,44,45,46)/p+1/t20-,22+,42?/m1/s1. The van der Waals surface area contributed by atoms with Gasteiger partial charge in [-0.05, 0) is 63.1 Å². The van der Waals surface area contributed by atoms with Gasteiger partial charge in [-0.15, -0.1) is 4.59 Å². The summed E-state index contributed by atoms with van der Waals surface area (Å²) in [5, 5.41) is 12.1. The molecule has 240 valence electrons. The molecular weight excluding hydrogens is 605 g/mol. The van der Waals surface area contributed by atoms with Crippen LogP contribution in [0.4, 0.5) is 19.0 Å². The first kappa shape index (κ1) is 31.3. The summed E-state index contributed by atoms with van der Waals surface area (Å²) in [4.78, 5) is 54.5. The average molecular weight is 638 g/mol. The van der Waals surface area contributed by atoms with Gasteiger partial charge in [-0.2, -0.15) is 24.0 Å². The molecule has 4 aliphatic heterocycles. The number of aromatic nitrogens is 1. The lowest BCUT2D eigenvalue weighted by molar-refractivity contribution is -0.750. The van der Waals surface area contributed by atoms with Crippen LogP contribution in [0.15, 0.2) is 76.4 Å². The second-order valence-electron chi connectivity index (χ2n) is 12.2. The molecule has 1 unspecified atom stereocenters. The Morgan fingerprint density at radius 2 is 1.85 bits per heavy atom. The minimum absolute atomic E-state index is 0.00772. The Bertz CT molecular complexity index is 1730. The molecule has 3 atom stereocenters. The highest BCUT2D eigenvalue weighted by Gasteiger charge is 2.49. The number of quaternary nitrogens is 1. The predicted molar refractivity (Wildman–Crippen MR) is 161 cm³/mol. The van der Waals surface area contributed by atoms with Gasteiger partial charge in [0.05, 0.1) is 30.1 Å². The molecule has 46 heavy (non-hydrogen) atoms. The molecule has 0 saturated carbocycles. The van der Waals surface area contributed by atoms with Crippen LogP contribution < -0.4 is 11.2 Å². The zero-order valence-corrected chi connectivity index (χ0v) is 25.0. The molecule has 1 aromatic heterocycles. The number of anilines is 1. The number of amides is 2. The van der Waals surface area contributed by atoms with Crippen molar-refractivity contribution in [1.82, 2.24) is 14.8 Å². The number of aliphatic carboxylic acids is 1. The molecule has 0 aliphatic carbocycles. The van der Waals surface area contributed by atoms with E-state index in [9.17, 15) is 32.7 Å². The number of rotatable bonds is 6. The first-order chi connectivity index (χ1) is 21.7. The van der Waals surface area contributed by atoms with Crippen LogP contribution in [-0.4, -0.2) is 85.5 Å². The third kappa shape index (κ3) is 5.50. The molecule has 12 nitrogen and oxygen atoms in total. The highest BCUT2D eigenvalue weighted by Crippen LogP contribution is 2.39. The summed E-state index contributed by atoms with van der Waals surface area (Å²) in [6, 6.07) is 7.82. The largest absolute Gasteiger partial charge is 0.480 e. The van der Waals surface area contributed by atoms with E-state index in [0.717, 1.165) is 18.3 Å². The second-order valence-corrected chi connectivity index (χ2v) is 12.2. The smallest absolute Gasteiger partial charge is 0.416 e. The van der Waals surface area contributed by atoms with Crippen molar-refractivity contribution >= 4 is 35.7 Å². The van der Waals surface area contributed by atoms with E-state index in [1.54, 1.807) is 49.5 Å². The zero-order chi connectivity index (χ0) is 33.0. The van der Waals surface area contributed by atoms with Gasteiger partial charge in [-0.1, -0.05) is 0 Å². The van der Waals surface area contributed by atoms with Gasteiger partial charge in [0.25, 0.3) is 11.7 Å². The number of alkyl halides is 3. The summed E-state index contributed by atoms with van der Waals surface area (Å²) in [5.41, 5.74) is 0.0537. The van der Waals surface area contributed by atoms with Crippen LogP contribution in [0.5, 0.6) is 0 Å². The number of nitrogens with zero attached hydrogens (tertiary/aromatic N) is 6. The molecule has 0 spiro atoms. The van der Waals surface area contributed by atoms with Crippen LogP contribution in [0.25, 0.3) is 0 Å². The van der Waals surface area contributed by atoms with Crippen LogP contribution in [0.1, 0.15) is 48.2 Å². The molecule has 2 amide bonds. The van der Waals surface area contributed by atoms with Crippen LogP contribution in [0, 0.1) is 5.92 Å². The van der Waals surface area contributed by atoms with Crippen molar-refractivity contribution in [2.24, 2.45) is 21.7 Å². The number of aliphatic imine (C=N–C) groups is 2. The lowest BCUT2D eigenvalue weighted by atomic mass is 9.87. The van der Waals surface area contributed by atoms with Crippen LogP contribution >= 0.6 is 0 Å². The van der Waals surface area contributed by atoms with Crippen molar-refractivity contribution in [3.8, 4) is 0 Å². The van der Waals surface area contributed by atoms with E-state index in [-0.39, 0.29) is 40.4 Å². The number of halogens is 3. The van der Waals surface area contributed by atoms with Gasteiger partial charge in [-0.25, -0.2) is 4.98 Å². The number of nitrogens with two attached hydrogens (primary N) is 1. The summed E-state index contributed by atoms with van der Waals surface area (Å²) >= 11 is 0. The molecule has 5 heterocycles. The Hall–Kier alpha value is -4.73. The topological polar surface area (TPSA) is 154 Å². The Morgan fingerprint density at radius 1 is 1.11 bits per heavy atom. The molecule has 0 bridgehead atoms. The van der Waals surface area contributed by atoms with E-state index in [4.69, 9.17) is 10.8 Å². The quantitative estimate of drug-likeness (QED) is 0.324. The van der Waals surface area contributed by atoms with E-state index in [2.05, 4.69) is 15.3 Å². The summed E-state index contributed by atoms with van der Waals surface area (Å²) in [7, 11) is 0. The minimum atomic E-state index is -4.57. The third-order valence-corrected chi connectivity index (χ3v) is 9.04. The number of piperidine rings is 1. The van der Waals surface area contributed by atoms with E-state index in [1.807, 2.05) is 4.90 Å². The van der Waals surface area contributed by atoms with Crippen LogP contribution in [0.3, 0.4) is 0 Å². The Balaban J connectivity index is 1.21. The lowest BCUT2D eigenvalue weighted by Crippen LogP contribution is -2.65. The van der Waals surface area contributed by atoms with E-state index < -0.39 is 29.2 Å². The fourth-order valence-electron chi connectivity index (χ4n) is 6.22. The number of amidine groups is 1. The van der Waals surface area contributed by atoms with Gasteiger partial charge in [0, 0.05) is 36.8 Å². The number of allylic oxidation sites excluding steroid dienone is 1. The maximum absolute atomic E-state index is 13.2. The number of fused-ring (bicyclic) bond motifs is 2. The second kappa shape index (κ2) is 11.3. The fourth-order valence-corrected chi connectivity index (χ4v) is 6.22. The maximum Gasteiger partial charge on any atom is 0.416 e. The third-order valence-electron chi connectivity index (χ3n) is 9.04. The number of nitrogens with one attached hydrogen (secondary N) is 1. The van der Waals surface area contributed by atoms with Crippen molar-refractivity contribution in [2.45, 2.75) is 44.4 Å². The first-order valence-electron chi connectivity index (χ1n) is 14.6. The highest BCUT2D eigenvalue weighted by atomic mass is 19.4. The normalized spacial score (nSPS) is 24.9. The number of carbonyl (C=O) groups is 3. The summed E-state index contributed by atoms with van der Waals surface area (Å²) in [5.74, 6) is 5.23. The van der Waals surface area contributed by atoms with Crippen molar-refractivity contribution < 1.29 is 37.3 Å². The Morgan fingerprint density at radius 3 is 2.54 bits per heavy atom. The van der Waals surface area contributed by atoms with Gasteiger partial charge in [-0.3, -0.25) is 24.3 Å². The zero-order valence-electron chi connectivity index (χ0n) is 25.0. The first-order valence-corrected chi connectivity index (χ1v) is 14.6. The Kier molecular flexibility index (Phi) is 7.65. The molecule has 2 fully saturated rings. The number of hydrogen-bond donors (Lipinski definition) is 3. The number of hydrogen-bond acceptors (Lipinski definition) is 8. The number of carbonyl (C=O) groups excluding carboxylic acids is 2. The van der Waals surface area contributed by atoms with Crippen molar-refractivity contribution in [1.29, 1.82) is 0 Å². The summed E-state index contributed by atoms with van der Waals surface area (Å²) in [6.07, 6.45) is 2.66. The molecule has 0 radical (unpaired) electrons. The van der Waals surface area contributed by atoms with Crippen LogP contribution in [-0.2, 0) is 15.8 Å². The summed E-state index contributed by atoms with van der Waals surface area (Å²) < 4.78 is 38.9. The SMILES string of the molecule is CC(C)(C(=O)O)N1CC(=O)N2C[C@H](C3=C4C=NC=C[N+]4(N)C(c4ccc(C(=O)Nc5cc(C(F)(F)F)ccn5)cc4)=N3)CC[C@H]2C1. The Labute approximate surface area is 262 Å². The van der Waals surface area contributed by atoms with E-state index in [0.29, 0.717) is 48.7 Å². The minimum Gasteiger partial charge on any atom is -0.480 e. The number of carboxylic acid groups (broad SMARTS) is 1. The molecule has 1 aromatic carbocycles. The van der Waals surface area contributed by atoms with Gasteiger partial charge >= 0.3 is 12.1 Å². The number of pyridine rings is 1. The fraction of sp³-hybridized carbons (Fsp3) is 0.355. The molecular formula is C31H32F3N8O4+. The maximum atomic E-state index is 13.2. The van der Waals surface area contributed by atoms with Gasteiger partial charge < -0.3 is 15.3 Å². The van der Waals surface area contributed by atoms with Gasteiger partial charge in [0.15, 0.2) is 0 Å². The van der Waals surface area contributed by atoms with Crippen LogP contribution in [0.2, 0.25) is 0 Å². The molecule has 2 saturated heterocycles. The van der Waals surface area contributed by atoms with Gasteiger partial charge in [0.1, 0.15) is 23.3 Å². The monoisotopic (exact) mass is 637 g/mol. The van der Waals surface area contributed by atoms with E-state index >= 15 is 0 Å². The average Bonchev–Trinajstić information content (AvgIpc) is 3.33. The van der Waals surface area contributed by atoms with Crippen molar-refractivity contribution in [3.05, 3.63) is 83.1 Å². The van der Waals surface area contributed by atoms with E-state index in [1.165, 1.54) is 12.1 Å². The van der Waals surface area contributed by atoms with Crippen molar-refractivity contribution in [2.75, 3.05) is 25.0 Å². The molecule has 4 N–H and O–H groups in total. The molecule has 15 heteroatoms. The van der Waals surface area contributed by atoms with Gasteiger partial charge in [0.2, 0.25) is 11.6 Å². The number of benzene rings is 1. The highest BCUT2D eigenvalue weighted by molar-refractivity contribution is 6.05.